The summed E-state index contributed by atoms with van der Waals surface area (Å²) in [5, 5.41) is 11.4. The zero-order chi connectivity index (χ0) is 14.4. The Labute approximate surface area is 124 Å². The molecule has 2 aliphatic rings. The van der Waals surface area contributed by atoms with Gasteiger partial charge in [0.05, 0.1) is 18.2 Å². The standard InChI is InChI=1S/C14H18ClNO.CH2O2/c15-12-5-3-4-11(10-12)14-7-2-1-6-13(14)17-9-8-16-14;2-1-3/h3-5,10,13,16H,1-2,6-9H2;1H,(H,2,3). The van der Waals surface area contributed by atoms with E-state index in [-0.39, 0.29) is 12.0 Å². The van der Waals surface area contributed by atoms with E-state index in [1.165, 1.54) is 18.4 Å². The quantitative estimate of drug-likeness (QED) is 0.783. The molecule has 0 amide bonds. The highest BCUT2D eigenvalue weighted by Crippen LogP contribution is 2.41. The molecule has 20 heavy (non-hydrogen) atoms. The Morgan fingerprint density at radius 3 is 3.00 bits per heavy atom. The van der Waals surface area contributed by atoms with Gasteiger partial charge in [0.25, 0.3) is 6.47 Å². The first-order valence-electron chi connectivity index (χ1n) is 6.93. The maximum absolute atomic E-state index is 8.36. The SMILES string of the molecule is Clc1cccc(C23CCCCC2OCCN3)c1.O=CO. The first-order chi connectivity index (χ1) is 9.73. The summed E-state index contributed by atoms with van der Waals surface area (Å²) in [6.45, 7) is 1.51. The Bertz CT molecular complexity index is 440. The number of carboxylic acid groups (broad SMARTS) is 1. The molecule has 1 saturated carbocycles. The molecule has 4 nitrogen and oxygen atoms in total. The summed E-state index contributed by atoms with van der Waals surface area (Å²) in [6.07, 6.45) is 5.15. The molecule has 1 heterocycles. The summed E-state index contributed by atoms with van der Waals surface area (Å²) in [7, 11) is 0. The minimum absolute atomic E-state index is 0.00139. The van der Waals surface area contributed by atoms with E-state index in [1.54, 1.807) is 0 Å². The van der Waals surface area contributed by atoms with E-state index < -0.39 is 0 Å². The summed E-state index contributed by atoms with van der Waals surface area (Å²) in [6, 6.07) is 8.23. The lowest BCUT2D eigenvalue weighted by atomic mass is 9.73. The van der Waals surface area contributed by atoms with Gasteiger partial charge in [-0.05, 0) is 30.5 Å². The van der Waals surface area contributed by atoms with Gasteiger partial charge >= 0.3 is 0 Å². The highest BCUT2D eigenvalue weighted by molar-refractivity contribution is 6.30. The van der Waals surface area contributed by atoms with E-state index in [1.807, 2.05) is 12.1 Å². The number of hydrogen-bond donors (Lipinski definition) is 2. The zero-order valence-corrected chi connectivity index (χ0v) is 12.1. The van der Waals surface area contributed by atoms with Crippen molar-refractivity contribution in [3.8, 4) is 0 Å². The lowest BCUT2D eigenvalue weighted by molar-refractivity contribution is -0.122. The number of nitrogens with one attached hydrogen (secondary N) is 1. The van der Waals surface area contributed by atoms with E-state index in [0.717, 1.165) is 31.0 Å². The molecule has 5 heteroatoms. The molecule has 1 aliphatic heterocycles. The maximum Gasteiger partial charge on any atom is 0.290 e. The van der Waals surface area contributed by atoms with E-state index >= 15 is 0 Å². The van der Waals surface area contributed by atoms with E-state index in [4.69, 9.17) is 26.2 Å². The Hall–Kier alpha value is -1.10. The van der Waals surface area contributed by atoms with Gasteiger partial charge in [-0.3, -0.25) is 4.79 Å². The van der Waals surface area contributed by atoms with Gasteiger partial charge in [-0.1, -0.05) is 36.6 Å². The number of halogens is 1. The molecule has 2 atom stereocenters. The fraction of sp³-hybridized carbons (Fsp3) is 0.533. The summed E-state index contributed by atoms with van der Waals surface area (Å²) in [5.41, 5.74) is 1.29. The van der Waals surface area contributed by atoms with Crippen molar-refractivity contribution in [2.24, 2.45) is 0 Å². The van der Waals surface area contributed by atoms with Crippen LogP contribution in [0.3, 0.4) is 0 Å². The third kappa shape index (κ3) is 3.14. The highest BCUT2D eigenvalue weighted by Gasteiger charge is 2.44. The summed E-state index contributed by atoms with van der Waals surface area (Å²) in [5.74, 6) is 0. The van der Waals surface area contributed by atoms with Gasteiger partial charge in [-0.2, -0.15) is 0 Å². The van der Waals surface area contributed by atoms with Gasteiger partial charge in [0, 0.05) is 11.6 Å². The zero-order valence-electron chi connectivity index (χ0n) is 11.3. The molecular weight excluding hydrogens is 278 g/mol. The number of carbonyl (C=O) groups is 1. The second-order valence-corrected chi connectivity index (χ2v) is 5.56. The molecule has 2 N–H and O–H groups in total. The number of hydrogen-bond acceptors (Lipinski definition) is 3. The monoisotopic (exact) mass is 297 g/mol. The fourth-order valence-corrected chi connectivity index (χ4v) is 3.43. The second-order valence-electron chi connectivity index (χ2n) is 5.12. The molecule has 0 radical (unpaired) electrons. The summed E-state index contributed by atoms with van der Waals surface area (Å²) >= 11 is 6.12. The predicted octanol–water partition coefficient (Wildman–Crippen LogP) is 2.80. The highest BCUT2D eigenvalue weighted by atomic mass is 35.5. The molecule has 0 aromatic heterocycles. The molecule has 1 aliphatic carbocycles. The topological polar surface area (TPSA) is 58.6 Å². The van der Waals surface area contributed by atoms with E-state index in [2.05, 4.69) is 17.4 Å². The Kier molecular flexibility index (Phi) is 5.40. The van der Waals surface area contributed by atoms with Gasteiger partial charge in [-0.15, -0.1) is 0 Å². The predicted molar refractivity (Wildman–Crippen MR) is 78.0 cm³/mol. The van der Waals surface area contributed by atoms with Crippen LogP contribution in [0.15, 0.2) is 24.3 Å². The third-order valence-electron chi connectivity index (χ3n) is 4.04. The second kappa shape index (κ2) is 7.07. The lowest BCUT2D eigenvalue weighted by Gasteiger charge is -2.48. The van der Waals surface area contributed by atoms with Gasteiger partial charge in [0.1, 0.15) is 0 Å². The molecule has 1 aromatic carbocycles. The van der Waals surface area contributed by atoms with Crippen molar-refractivity contribution in [2.75, 3.05) is 13.2 Å². The van der Waals surface area contributed by atoms with Crippen LogP contribution in [0.2, 0.25) is 5.02 Å². The lowest BCUT2D eigenvalue weighted by Crippen LogP contribution is -2.59. The van der Waals surface area contributed by atoms with Crippen LogP contribution >= 0.6 is 11.6 Å². The smallest absolute Gasteiger partial charge is 0.290 e. The molecule has 3 rings (SSSR count). The molecule has 110 valence electrons. The minimum atomic E-state index is -0.250. The summed E-state index contributed by atoms with van der Waals surface area (Å²) < 4.78 is 5.97. The van der Waals surface area contributed by atoms with Crippen molar-refractivity contribution in [3.63, 3.8) is 0 Å². The fourth-order valence-electron chi connectivity index (χ4n) is 3.24. The van der Waals surface area contributed by atoms with Gasteiger partial charge in [0.15, 0.2) is 0 Å². The van der Waals surface area contributed by atoms with Crippen LogP contribution < -0.4 is 5.32 Å². The van der Waals surface area contributed by atoms with Gasteiger partial charge < -0.3 is 15.2 Å². The van der Waals surface area contributed by atoms with Crippen molar-refractivity contribution in [1.82, 2.24) is 5.32 Å². The Morgan fingerprint density at radius 1 is 1.45 bits per heavy atom. The van der Waals surface area contributed by atoms with Crippen LogP contribution in [0.5, 0.6) is 0 Å². The van der Waals surface area contributed by atoms with Crippen LogP contribution in [-0.2, 0) is 15.1 Å². The third-order valence-corrected chi connectivity index (χ3v) is 4.27. The van der Waals surface area contributed by atoms with Crippen LogP contribution in [0.4, 0.5) is 0 Å². The summed E-state index contributed by atoms with van der Waals surface area (Å²) in [4.78, 5) is 8.36. The van der Waals surface area contributed by atoms with Crippen molar-refractivity contribution < 1.29 is 14.6 Å². The number of benzene rings is 1. The Balaban J connectivity index is 0.000000452. The van der Waals surface area contributed by atoms with Crippen LogP contribution in [-0.4, -0.2) is 30.8 Å². The van der Waals surface area contributed by atoms with Crippen molar-refractivity contribution >= 4 is 18.1 Å². The van der Waals surface area contributed by atoms with Gasteiger partial charge in [-0.25, -0.2) is 0 Å². The largest absolute Gasteiger partial charge is 0.483 e. The van der Waals surface area contributed by atoms with Crippen LogP contribution in [0.25, 0.3) is 0 Å². The average molecular weight is 298 g/mol. The maximum atomic E-state index is 8.36. The molecular formula is C15H20ClNO3. The number of ether oxygens (including phenoxy) is 1. The normalized spacial score (nSPS) is 28.8. The van der Waals surface area contributed by atoms with E-state index in [9.17, 15) is 0 Å². The van der Waals surface area contributed by atoms with Crippen molar-refractivity contribution in [1.29, 1.82) is 0 Å². The van der Waals surface area contributed by atoms with Crippen LogP contribution in [0.1, 0.15) is 31.2 Å². The molecule has 2 unspecified atom stereocenters. The van der Waals surface area contributed by atoms with Crippen LogP contribution in [0, 0.1) is 0 Å². The van der Waals surface area contributed by atoms with Gasteiger partial charge in [0.2, 0.25) is 0 Å². The first-order valence-corrected chi connectivity index (χ1v) is 7.31. The van der Waals surface area contributed by atoms with Crippen molar-refractivity contribution in [2.45, 2.75) is 37.3 Å². The minimum Gasteiger partial charge on any atom is -0.483 e. The van der Waals surface area contributed by atoms with E-state index in [0.29, 0.717) is 6.10 Å². The average Bonchev–Trinajstić information content (AvgIpc) is 2.48. The number of fused-ring (bicyclic) bond motifs is 1. The molecule has 0 spiro atoms. The molecule has 2 fully saturated rings. The van der Waals surface area contributed by atoms with Crippen molar-refractivity contribution in [3.05, 3.63) is 34.9 Å². The Morgan fingerprint density at radius 2 is 2.25 bits per heavy atom. The number of morpholine rings is 1. The molecule has 1 aromatic rings. The number of rotatable bonds is 1. The molecule has 0 bridgehead atoms. The first kappa shape index (κ1) is 15.3. The molecule has 1 saturated heterocycles.